The first-order valence-corrected chi connectivity index (χ1v) is 10.4. The Labute approximate surface area is 176 Å². The number of aliphatic carboxylic acids is 1. The molecule has 0 aromatic heterocycles. The molecule has 166 valence electrons. The first-order chi connectivity index (χ1) is 14.5. The smallest absolute Gasteiger partial charge is 0.308 e. The average Bonchev–Trinajstić information content (AvgIpc) is 3.37. The number of methoxy groups -OCH3 is 1. The molecule has 1 amide bonds. The molecular weight excluding hydrogens is 390 g/mol. The normalized spacial score (nSPS) is 20.4. The van der Waals surface area contributed by atoms with Crippen LogP contribution in [0.25, 0.3) is 0 Å². The molecule has 0 aliphatic carbocycles. The second kappa shape index (κ2) is 9.99. The van der Waals surface area contributed by atoms with Gasteiger partial charge >= 0.3 is 5.97 Å². The maximum atomic E-state index is 12.8. The molecule has 1 aromatic rings. The van der Waals surface area contributed by atoms with Crippen LogP contribution < -0.4 is 19.9 Å². The highest BCUT2D eigenvalue weighted by molar-refractivity contribution is 5.79. The molecule has 1 saturated heterocycles. The van der Waals surface area contributed by atoms with E-state index >= 15 is 0 Å². The summed E-state index contributed by atoms with van der Waals surface area (Å²) in [6, 6.07) is 3.63. The van der Waals surface area contributed by atoms with Crippen molar-refractivity contribution < 1.29 is 28.9 Å². The van der Waals surface area contributed by atoms with Gasteiger partial charge in [0.2, 0.25) is 18.4 Å². The first kappa shape index (κ1) is 22.2. The van der Waals surface area contributed by atoms with E-state index < -0.39 is 11.9 Å². The second-order valence-electron chi connectivity index (χ2n) is 7.73. The van der Waals surface area contributed by atoms with Crippen LogP contribution in [0.2, 0.25) is 0 Å². The lowest BCUT2D eigenvalue weighted by molar-refractivity contribution is -0.142. The second-order valence-corrected chi connectivity index (χ2v) is 7.73. The van der Waals surface area contributed by atoms with Crippen molar-refractivity contribution in [2.45, 2.75) is 25.7 Å². The molecule has 0 radical (unpaired) electrons. The summed E-state index contributed by atoms with van der Waals surface area (Å²) in [5, 5.41) is 9.80. The summed E-state index contributed by atoms with van der Waals surface area (Å²) >= 11 is 0. The highest BCUT2D eigenvalue weighted by Gasteiger charge is 2.40. The van der Waals surface area contributed by atoms with E-state index in [1.54, 1.807) is 11.0 Å². The fourth-order valence-corrected chi connectivity index (χ4v) is 4.12. The van der Waals surface area contributed by atoms with Gasteiger partial charge in [0.05, 0.1) is 19.6 Å². The summed E-state index contributed by atoms with van der Waals surface area (Å²) < 4.78 is 16.3. The number of carbonyl (C=O) groups excluding carboxylic acids is 1. The highest BCUT2D eigenvalue weighted by Crippen LogP contribution is 2.45. The predicted octanol–water partition coefficient (Wildman–Crippen LogP) is 1.11. The van der Waals surface area contributed by atoms with Gasteiger partial charge in [-0.1, -0.05) is 13.3 Å². The van der Waals surface area contributed by atoms with Gasteiger partial charge in [-0.25, -0.2) is 0 Å². The largest absolute Gasteiger partial charge is 0.493 e. The molecule has 3 N–H and O–H groups in total. The molecule has 3 rings (SSSR count). The Bertz CT molecular complexity index is 771. The van der Waals surface area contributed by atoms with Crippen LogP contribution in [0, 0.1) is 5.92 Å². The number of hydrogen-bond donors (Lipinski definition) is 2. The van der Waals surface area contributed by atoms with Gasteiger partial charge in [-0.05, 0) is 24.1 Å². The number of likely N-dealkylation sites (tertiary alicyclic amines) is 1. The lowest BCUT2D eigenvalue weighted by Crippen LogP contribution is -2.42. The van der Waals surface area contributed by atoms with Crippen LogP contribution in [0.3, 0.4) is 0 Å². The highest BCUT2D eigenvalue weighted by atomic mass is 16.7. The molecule has 2 atom stereocenters. The number of fused-ring (bicyclic) bond motifs is 1. The topological polar surface area (TPSA) is 115 Å². The van der Waals surface area contributed by atoms with Crippen LogP contribution in [-0.4, -0.2) is 80.0 Å². The lowest BCUT2D eigenvalue weighted by Gasteiger charge is -2.25. The summed E-state index contributed by atoms with van der Waals surface area (Å²) in [6.45, 7) is 4.75. The monoisotopic (exact) mass is 421 g/mol. The number of unbranched alkanes of at least 4 members (excludes halogenated alkanes) is 1. The number of hydrogen-bond acceptors (Lipinski definition) is 7. The third kappa shape index (κ3) is 4.79. The van der Waals surface area contributed by atoms with Crippen LogP contribution in [0.15, 0.2) is 12.1 Å². The Hall–Kier alpha value is -2.52. The SMILES string of the molecule is CCCCN(CCN)C(=O)CN1CC(C(=O)O)[C@@H](c2cc(OC)c3c(c2)OCO3)C1. The van der Waals surface area contributed by atoms with Crippen molar-refractivity contribution in [2.75, 3.05) is 53.2 Å². The Kier molecular flexibility index (Phi) is 7.38. The lowest BCUT2D eigenvalue weighted by atomic mass is 9.88. The number of carbonyl (C=O) groups is 2. The number of ether oxygens (including phenoxy) is 3. The minimum atomic E-state index is -0.878. The number of carboxylic acids is 1. The van der Waals surface area contributed by atoms with E-state index in [4.69, 9.17) is 19.9 Å². The summed E-state index contributed by atoms with van der Waals surface area (Å²) in [5.41, 5.74) is 6.47. The Balaban J connectivity index is 1.76. The number of amides is 1. The van der Waals surface area contributed by atoms with Gasteiger partial charge in [0.1, 0.15) is 0 Å². The third-order valence-corrected chi connectivity index (χ3v) is 5.71. The van der Waals surface area contributed by atoms with E-state index in [1.807, 2.05) is 11.0 Å². The Morgan fingerprint density at radius 1 is 1.30 bits per heavy atom. The molecule has 1 unspecified atom stereocenters. The summed E-state index contributed by atoms with van der Waals surface area (Å²) in [7, 11) is 1.54. The molecule has 0 bridgehead atoms. The number of rotatable bonds is 10. The van der Waals surface area contributed by atoms with Crippen LogP contribution in [0.4, 0.5) is 0 Å². The third-order valence-electron chi connectivity index (χ3n) is 5.71. The van der Waals surface area contributed by atoms with Crippen molar-refractivity contribution in [2.24, 2.45) is 11.7 Å². The van der Waals surface area contributed by atoms with Crippen molar-refractivity contribution in [1.82, 2.24) is 9.80 Å². The fraction of sp³-hybridized carbons (Fsp3) is 0.619. The van der Waals surface area contributed by atoms with E-state index in [2.05, 4.69) is 6.92 Å². The van der Waals surface area contributed by atoms with Crippen molar-refractivity contribution in [3.05, 3.63) is 17.7 Å². The predicted molar refractivity (Wildman–Crippen MR) is 110 cm³/mol. The standard InChI is InChI=1S/C21H31N3O6/c1-3-4-6-24(7-5-22)19(25)12-23-10-15(16(11-23)21(26)27)14-8-17(28-2)20-18(9-14)29-13-30-20/h8-9,15-16H,3-7,10-13,22H2,1-2H3,(H,26,27)/t15-,16?/m1/s1. The molecule has 1 fully saturated rings. The van der Waals surface area contributed by atoms with Crippen LogP contribution in [0.5, 0.6) is 17.2 Å². The molecule has 0 spiro atoms. The van der Waals surface area contributed by atoms with Crippen molar-refractivity contribution in [1.29, 1.82) is 0 Å². The Morgan fingerprint density at radius 3 is 2.77 bits per heavy atom. The van der Waals surface area contributed by atoms with Gasteiger partial charge in [-0.15, -0.1) is 0 Å². The number of nitrogens with zero attached hydrogens (tertiary/aromatic N) is 2. The van der Waals surface area contributed by atoms with Crippen LogP contribution in [-0.2, 0) is 9.59 Å². The minimum Gasteiger partial charge on any atom is -0.493 e. The molecule has 9 nitrogen and oxygen atoms in total. The summed E-state index contributed by atoms with van der Waals surface area (Å²) in [6.07, 6.45) is 1.91. The molecule has 2 heterocycles. The molecule has 9 heteroatoms. The molecule has 2 aliphatic heterocycles. The summed E-state index contributed by atoms with van der Waals surface area (Å²) in [5.74, 6) is -0.187. The van der Waals surface area contributed by atoms with E-state index in [0.29, 0.717) is 50.0 Å². The van der Waals surface area contributed by atoms with Gasteiger partial charge < -0.3 is 30.0 Å². The molecule has 0 saturated carbocycles. The number of nitrogens with two attached hydrogens (primary N) is 1. The van der Waals surface area contributed by atoms with Gasteiger partial charge in [-0.3, -0.25) is 14.5 Å². The average molecular weight is 421 g/mol. The van der Waals surface area contributed by atoms with Crippen molar-refractivity contribution in [3.63, 3.8) is 0 Å². The van der Waals surface area contributed by atoms with E-state index in [-0.39, 0.29) is 25.2 Å². The number of carboxylic acid groups (broad SMARTS) is 1. The number of benzene rings is 1. The van der Waals surface area contributed by atoms with E-state index in [9.17, 15) is 14.7 Å². The molecular formula is C21H31N3O6. The van der Waals surface area contributed by atoms with Crippen molar-refractivity contribution >= 4 is 11.9 Å². The van der Waals surface area contributed by atoms with Crippen molar-refractivity contribution in [3.8, 4) is 17.2 Å². The van der Waals surface area contributed by atoms with E-state index in [1.165, 1.54) is 7.11 Å². The molecule has 2 aliphatic rings. The van der Waals surface area contributed by atoms with Crippen LogP contribution >= 0.6 is 0 Å². The maximum Gasteiger partial charge on any atom is 0.308 e. The van der Waals surface area contributed by atoms with E-state index in [0.717, 1.165) is 18.4 Å². The fourth-order valence-electron chi connectivity index (χ4n) is 4.12. The maximum absolute atomic E-state index is 12.8. The van der Waals surface area contributed by atoms with Gasteiger partial charge in [0, 0.05) is 38.6 Å². The first-order valence-electron chi connectivity index (χ1n) is 10.4. The molecule has 30 heavy (non-hydrogen) atoms. The van der Waals surface area contributed by atoms with Gasteiger partial charge in [-0.2, -0.15) is 0 Å². The van der Waals surface area contributed by atoms with Crippen LogP contribution in [0.1, 0.15) is 31.2 Å². The minimum absolute atomic E-state index is 0.0121. The van der Waals surface area contributed by atoms with Gasteiger partial charge in [0.25, 0.3) is 0 Å². The van der Waals surface area contributed by atoms with Gasteiger partial charge in [0.15, 0.2) is 11.5 Å². The summed E-state index contributed by atoms with van der Waals surface area (Å²) in [4.78, 5) is 28.4. The zero-order valence-corrected chi connectivity index (χ0v) is 17.6. The zero-order chi connectivity index (χ0) is 21.7. The molecule has 1 aromatic carbocycles. The quantitative estimate of drug-likeness (QED) is 0.577. The Morgan fingerprint density at radius 2 is 2.10 bits per heavy atom. The zero-order valence-electron chi connectivity index (χ0n) is 17.6.